The number of rotatable bonds is 18. The van der Waals surface area contributed by atoms with Crippen LogP contribution >= 0.6 is 0 Å². The molecule has 0 saturated heterocycles. The zero-order valence-electron chi connectivity index (χ0n) is 16.6. The second kappa shape index (κ2) is 20.4. The van der Waals surface area contributed by atoms with Gasteiger partial charge < -0.3 is 32.8 Å². The lowest BCUT2D eigenvalue weighted by molar-refractivity contribution is -0.139. The predicted molar refractivity (Wildman–Crippen MR) is 110 cm³/mol. The first kappa shape index (κ1) is 25.1. The molecule has 9 heteroatoms. The van der Waals surface area contributed by atoms with Gasteiger partial charge in [-0.25, -0.2) is 0 Å². The van der Waals surface area contributed by atoms with Gasteiger partial charge in [0.25, 0.3) is 0 Å². The number of carbonyl (C=O) groups is 2. The van der Waals surface area contributed by atoms with Crippen LogP contribution in [0.5, 0.6) is 0 Å². The zero-order valence-corrected chi connectivity index (χ0v) is 16.6. The summed E-state index contributed by atoms with van der Waals surface area (Å²) in [5, 5.41) is 15.0. The molecule has 8 N–H and O–H groups in total. The molecule has 0 atom stereocenters. The van der Waals surface area contributed by atoms with E-state index in [2.05, 4.69) is 26.4 Å². The number of nitrogens with zero attached hydrogens (tertiary/aromatic N) is 1. The number of carbonyl (C=O) groups excluding carboxylic acids is 2. The molecule has 0 spiro atoms. The molecule has 0 bridgehead atoms. The van der Waals surface area contributed by atoms with Crippen LogP contribution in [0.4, 0.5) is 0 Å². The van der Waals surface area contributed by atoms with Crippen molar-refractivity contribution >= 4 is 18.2 Å². The molecule has 0 heterocycles. The first-order chi connectivity index (χ1) is 13.2. The first-order valence-corrected chi connectivity index (χ1v) is 10.1. The highest BCUT2D eigenvalue weighted by atomic mass is 16.2. The van der Waals surface area contributed by atoms with Gasteiger partial charge in [-0.3, -0.25) is 9.59 Å². The van der Waals surface area contributed by atoms with E-state index >= 15 is 0 Å². The lowest BCUT2D eigenvalue weighted by atomic mass is 10.1. The fourth-order valence-corrected chi connectivity index (χ4v) is 2.47. The van der Waals surface area contributed by atoms with Crippen LogP contribution in [0.1, 0.15) is 57.8 Å². The van der Waals surface area contributed by atoms with E-state index in [0.717, 1.165) is 77.4 Å². The molecule has 158 valence electrons. The molecule has 0 radical (unpaired) electrons. The zero-order chi connectivity index (χ0) is 20.0. The molecule has 0 aliphatic carbocycles. The summed E-state index contributed by atoms with van der Waals surface area (Å²) in [4.78, 5) is 23.3. The quantitative estimate of drug-likeness (QED) is 0.0480. The van der Waals surface area contributed by atoms with Gasteiger partial charge in [-0.1, -0.05) is 25.7 Å². The fourth-order valence-electron chi connectivity index (χ4n) is 2.47. The molecule has 27 heavy (non-hydrogen) atoms. The molecule has 2 amide bonds. The van der Waals surface area contributed by atoms with Crippen molar-refractivity contribution in [2.24, 2.45) is 16.7 Å². The summed E-state index contributed by atoms with van der Waals surface area (Å²) in [5.74, 6) is 3.90. The van der Waals surface area contributed by atoms with E-state index < -0.39 is 11.8 Å². The minimum Gasteiger partial charge on any atom is -0.375 e. The molecule has 9 nitrogen and oxygen atoms in total. The molecular weight excluding hydrogens is 346 g/mol. The number of hydrogen-bond acceptors (Lipinski definition) is 6. The molecule has 0 unspecified atom stereocenters. The highest BCUT2D eigenvalue weighted by Gasteiger charge is 2.11. The van der Waals surface area contributed by atoms with Crippen molar-refractivity contribution in [3.05, 3.63) is 0 Å². The second-order valence-corrected chi connectivity index (χ2v) is 6.46. The minimum atomic E-state index is -0.542. The van der Waals surface area contributed by atoms with Gasteiger partial charge in [0, 0.05) is 19.6 Å². The molecule has 0 rings (SSSR count). The lowest BCUT2D eigenvalue weighted by Crippen LogP contribution is -2.40. The number of hydrogen-bond donors (Lipinski definition) is 6. The van der Waals surface area contributed by atoms with E-state index in [9.17, 15) is 9.59 Å². The highest BCUT2D eigenvalue weighted by Crippen LogP contribution is 2.04. The minimum absolute atomic E-state index is 0.525. The van der Waals surface area contributed by atoms with Crippen LogP contribution in [0, 0.1) is 0 Å². The molecule has 0 saturated carbocycles. The summed E-state index contributed by atoms with van der Waals surface area (Å²) in [6, 6.07) is 0. The van der Waals surface area contributed by atoms with E-state index in [4.69, 9.17) is 11.6 Å². The van der Waals surface area contributed by atoms with Gasteiger partial charge in [0.1, 0.15) is 6.34 Å². The van der Waals surface area contributed by atoms with Gasteiger partial charge in [-0.2, -0.15) is 5.10 Å². The molecule has 0 aliphatic heterocycles. The third-order valence-electron chi connectivity index (χ3n) is 4.03. The van der Waals surface area contributed by atoms with Crippen molar-refractivity contribution < 1.29 is 9.59 Å². The Morgan fingerprint density at radius 3 is 1.78 bits per heavy atom. The normalized spacial score (nSPS) is 10.9. The summed E-state index contributed by atoms with van der Waals surface area (Å²) in [5.41, 5.74) is 5.41. The summed E-state index contributed by atoms with van der Waals surface area (Å²) in [6.07, 6.45) is 10.8. The van der Waals surface area contributed by atoms with Crippen molar-refractivity contribution in [2.45, 2.75) is 57.8 Å². The maximum atomic E-state index is 11.7. The molecule has 0 fully saturated rings. The van der Waals surface area contributed by atoms with E-state index in [0.29, 0.717) is 19.6 Å². The van der Waals surface area contributed by atoms with Crippen molar-refractivity contribution in [3.63, 3.8) is 0 Å². The molecule has 0 aromatic carbocycles. The van der Waals surface area contributed by atoms with E-state index in [1.807, 2.05) is 0 Å². The highest BCUT2D eigenvalue weighted by molar-refractivity contribution is 6.35. The van der Waals surface area contributed by atoms with Crippen molar-refractivity contribution in [1.82, 2.24) is 21.3 Å². The second-order valence-electron chi connectivity index (χ2n) is 6.46. The SMILES string of the molecule is NCCCNCCCCNC(=O)C(=O)NCCCCCCCCNC=NN. The van der Waals surface area contributed by atoms with E-state index in [1.165, 1.54) is 6.34 Å². The van der Waals surface area contributed by atoms with Crippen LogP contribution in [0.3, 0.4) is 0 Å². The van der Waals surface area contributed by atoms with Gasteiger partial charge in [-0.15, -0.1) is 0 Å². The Bertz CT molecular complexity index is 392. The van der Waals surface area contributed by atoms with Crippen molar-refractivity contribution in [1.29, 1.82) is 0 Å². The number of hydrazone groups is 1. The summed E-state index contributed by atoms with van der Waals surface area (Å²) < 4.78 is 0. The van der Waals surface area contributed by atoms with Gasteiger partial charge in [0.2, 0.25) is 0 Å². The van der Waals surface area contributed by atoms with Crippen LogP contribution in [0.15, 0.2) is 5.10 Å². The maximum Gasteiger partial charge on any atom is 0.309 e. The third kappa shape index (κ3) is 18.7. The number of unbranched alkanes of at least 4 members (excludes halogenated alkanes) is 6. The van der Waals surface area contributed by atoms with Crippen molar-refractivity contribution in [2.75, 3.05) is 39.3 Å². The Kier molecular flexibility index (Phi) is 19.0. The van der Waals surface area contributed by atoms with Crippen LogP contribution in [-0.2, 0) is 9.59 Å². The summed E-state index contributed by atoms with van der Waals surface area (Å²) in [7, 11) is 0. The van der Waals surface area contributed by atoms with Crippen LogP contribution in [0.25, 0.3) is 0 Å². The number of amides is 2. The van der Waals surface area contributed by atoms with Crippen LogP contribution in [-0.4, -0.2) is 57.4 Å². The maximum absolute atomic E-state index is 11.7. The van der Waals surface area contributed by atoms with Gasteiger partial charge in [0.05, 0.1) is 0 Å². The van der Waals surface area contributed by atoms with Crippen molar-refractivity contribution in [3.8, 4) is 0 Å². The Morgan fingerprint density at radius 2 is 1.19 bits per heavy atom. The van der Waals surface area contributed by atoms with Crippen LogP contribution in [0.2, 0.25) is 0 Å². The average Bonchev–Trinajstić information content (AvgIpc) is 2.67. The number of nitrogens with two attached hydrogens (primary N) is 2. The third-order valence-corrected chi connectivity index (χ3v) is 4.03. The Balaban J connectivity index is 3.35. The lowest BCUT2D eigenvalue weighted by Gasteiger charge is -2.07. The van der Waals surface area contributed by atoms with E-state index in [1.54, 1.807) is 0 Å². The largest absolute Gasteiger partial charge is 0.375 e. The van der Waals surface area contributed by atoms with Gasteiger partial charge in [-0.05, 0) is 51.7 Å². The standard InChI is InChI=1S/C18H39N7O2/c19-10-9-13-21-11-7-8-15-24-18(27)17(26)23-14-6-4-2-1-3-5-12-22-16-25-20/h16,21H,1-15,19-20H2,(H,22,25)(H,23,26)(H,24,27). The topological polar surface area (TPSA) is 147 Å². The summed E-state index contributed by atoms with van der Waals surface area (Å²) >= 11 is 0. The summed E-state index contributed by atoms with van der Waals surface area (Å²) in [6.45, 7) is 4.48. The van der Waals surface area contributed by atoms with Gasteiger partial charge >= 0.3 is 11.8 Å². The first-order valence-electron chi connectivity index (χ1n) is 10.1. The molecular formula is C18H39N7O2. The fraction of sp³-hybridized carbons (Fsp3) is 0.833. The van der Waals surface area contributed by atoms with E-state index in [-0.39, 0.29) is 0 Å². The smallest absolute Gasteiger partial charge is 0.309 e. The average molecular weight is 386 g/mol. The Labute approximate surface area is 163 Å². The van der Waals surface area contributed by atoms with Crippen LogP contribution < -0.4 is 32.8 Å². The molecule has 0 aliphatic rings. The number of nitrogens with one attached hydrogen (secondary N) is 4. The monoisotopic (exact) mass is 385 g/mol. The Morgan fingerprint density at radius 1 is 0.704 bits per heavy atom. The Hall–Kier alpha value is -1.87. The predicted octanol–water partition coefficient (Wildman–Crippen LogP) is -0.230. The molecule has 0 aromatic rings. The molecule has 0 aromatic heterocycles. The van der Waals surface area contributed by atoms with Gasteiger partial charge in [0.15, 0.2) is 0 Å².